The van der Waals surface area contributed by atoms with Crippen LogP contribution >= 0.6 is 0 Å². The van der Waals surface area contributed by atoms with Crippen LogP contribution in [-0.4, -0.2) is 34.2 Å². The smallest absolute Gasteiger partial charge is 0.272 e. The topological polar surface area (TPSA) is 102 Å². The van der Waals surface area contributed by atoms with Gasteiger partial charge in [-0.3, -0.25) is 14.3 Å². The fourth-order valence-electron chi connectivity index (χ4n) is 1.52. The third-order valence-electron chi connectivity index (χ3n) is 2.61. The Labute approximate surface area is 112 Å². The van der Waals surface area contributed by atoms with Crippen molar-refractivity contribution in [3.8, 4) is 0 Å². The number of rotatable bonds is 5. The number of amides is 2. The van der Waals surface area contributed by atoms with Crippen LogP contribution in [0.4, 0.5) is 5.69 Å². The van der Waals surface area contributed by atoms with Crippen LogP contribution in [0.2, 0.25) is 0 Å². The number of aryl methyl sites for hydroxylation is 1. The highest BCUT2D eigenvalue weighted by atomic mass is 16.2. The van der Waals surface area contributed by atoms with E-state index in [1.807, 2.05) is 13.8 Å². The Hall–Kier alpha value is -2.05. The van der Waals surface area contributed by atoms with Crippen LogP contribution in [0, 0.1) is 5.92 Å². The van der Waals surface area contributed by atoms with Gasteiger partial charge in [0.05, 0.1) is 11.9 Å². The minimum absolute atomic E-state index is 0.220. The molecule has 0 saturated heterocycles. The summed E-state index contributed by atoms with van der Waals surface area (Å²) in [7, 11) is 1.62. The van der Waals surface area contributed by atoms with Gasteiger partial charge in [-0.25, -0.2) is 0 Å². The molecule has 19 heavy (non-hydrogen) atoms. The van der Waals surface area contributed by atoms with Crippen molar-refractivity contribution in [2.75, 3.05) is 12.3 Å². The van der Waals surface area contributed by atoms with Gasteiger partial charge in [0.1, 0.15) is 11.7 Å². The molecule has 0 saturated carbocycles. The minimum Gasteiger partial charge on any atom is -0.396 e. The number of anilines is 1. The maximum absolute atomic E-state index is 12.0. The van der Waals surface area contributed by atoms with Crippen LogP contribution in [0.15, 0.2) is 6.20 Å². The van der Waals surface area contributed by atoms with Crippen molar-refractivity contribution in [1.82, 2.24) is 20.4 Å². The van der Waals surface area contributed by atoms with Gasteiger partial charge in [0.25, 0.3) is 5.91 Å². The number of nitrogens with two attached hydrogens (primary N) is 1. The fourth-order valence-corrected chi connectivity index (χ4v) is 1.52. The first-order valence-electron chi connectivity index (χ1n) is 6.19. The molecule has 1 atom stereocenters. The second-order valence-electron chi connectivity index (χ2n) is 4.91. The molecule has 7 nitrogen and oxygen atoms in total. The number of aromatic nitrogens is 2. The predicted molar refractivity (Wildman–Crippen MR) is 72.4 cm³/mol. The van der Waals surface area contributed by atoms with E-state index in [0.29, 0.717) is 12.5 Å². The second-order valence-corrected chi connectivity index (χ2v) is 4.91. The minimum atomic E-state index is -0.624. The van der Waals surface area contributed by atoms with Gasteiger partial charge in [-0.2, -0.15) is 5.10 Å². The summed E-state index contributed by atoms with van der Waals surface area (Å²) in [6.07, 6.45) is 1.40. The second kappa shape index (κ2) is 6.21. The van der Waals surface area contributed by atoms with Crippen LogP contribution < -0.4 is 16.4 Å². The van der Waals surface area contributed by atoms with Gasteiger partial charge >= 0.3 is 0 Å². The summed E-state index contributed by atoms with van der Waals surface area (Å²) in [4.78, 5) is 23.7. The van der Waals surface area contributed by atoms with E-state index in [4.69, 9.17) is 5.73 Å². The Bertz CT molecular complexity index is 447. The first kappa shape index (κ1) is 15.0. The summed E-state index contributed by atoms with van der Waals surface area (Å²) in [5, 5.41) is 9.23. The first-order chi connectivity index (χ1) is 8.82. The molecule has 1 aromatic rings. The Balaban J connectivity index is 2.59. The maximum atomic E-state index is 12.0. The lowest BCUT2D eigenvalue weighted by Gasteiger charge is -2.15. The molecule has 1 unspecified atom stereocenters. The van der Waals surface area contributed by atoms with Crippen molar-refractivity contribution in [2.24, 2.45) is 13.0 Å². The Morgan fingerprint density at radius 3 is 2.53 bits per heavy atom. The van der Waals surface area contributed by atoms with Gasteiger partial charge in [-0.15, -0.1) is 0 Å². The van der Waals surface area contributed by atoms with Crippen molar-refractivity contribution in [2.45, 2.75) is 26.8 Å². The molecule has 1 rings (SSSR count). The molecule has 0 radical (unpaired) electrons. The van der Waals surface area contributed by atoms with Gasteiger partial charge in [-0.05, 0) is 12.8 Å². The highest BCUT2D eigenvalue weighted by molar-refractivity contribution is 5.99. The molecule has 0 aliphatic carbocycles. The van der Waals surface area contributed by atoms with Crippen molar-refractivity contribution >= 4 is 17.5 Å². The summed E-state index contributed by atoms with van der Waals surface area (Å²) in [5.74, 6) is -0.271. The third kappa shape index (κ3) is 3.97. The van der Waals surface area contributed by atoms with Crippen LogP contribution in [0.1, 0.15) is 31.3 Å². The summed E-state index contributed by atoms with van der Waals surface area (Å²) in [6.45, 7) is 6.20. The summed E-state index contributed by atoms with van der Waals surface area (Å²) < 4.78 is 1.38. The summed E-state index contributed by atoms with van der Waals surface area (Å²) in [6, 6.07) is -0.624. The van der Waals surface area contributed by atoms with Crippen molar-refractivity contribution < 1.29 is 9.59 Å². The SMILES string of the molecule is CC(C)CNC(=O)C(C)NC(=O)c1c(N)cnn1C. The van der Waals surface area contributed by atoms with Gasteiger partial charge in [0.2, 0.25) is 5.91 Å². The lowest BCUT2D eigenvalue weighted by molar-refractivity contribution is -0.122. The van der Waals surface area contributed by atoms with E-state index in [1.165, 1.54) is 10.9 Å². The van der Waals surface area contributed by atoms with Crippen LogP contribution in [-0.2, 0) is 11.8 Å². The summed E-state index contributed by atoms with van der Waals surface area (Å²) >= 11 is 0. The lowest BCUT2D eigenvalue weighted by atomic mass is 10.2. The highest BCUT2D eigenvalue weighted by Gasteiger charge is 2.20. The number of hydrogen-bond acceptors (Lipinski definition) is 4. The average Bonchev–Trinajstić information content (AvgIpc) is 2.65. The largest absolute Gasteiger partial charge is 0.396 e. The maximum Gasteiger partial charge on any atom is 0.272 e. The number of hydrogen-bond donors (Lipinski definition) is 3. The summed E-state index contributed by atoms with van der Waals surface area (Å²) in [5.41, 5.74) is 6.19. The van der Waals surface area contributed by atoms with Crippen LogP contribution in [0.3, 0.4) is 0 Å². The molecule has 1 heterocycles. The van der Waals surface area contributed by atoms with E-state index in [2.05, 4.69) is 15.7 Å². The van der Waals surface area contributed by atoms with Crippen LogP contribution in [0.25, 0.3) is 0 Å². The van der Waals surface area contributed by atoms with Gasteiger partial charge in [-0.1, -0.05) is 13.8 Å². The molecule has 0 spiro atoms. The molecule has 0 aliphatic rings. The molecular formula is C12H21N5O2. The first-order valence-corrected chi connectivity index (χ1v) is 6.19. The highest BCUT2D eigenvalue weighted by Crippen LogP contribution is 2.08. The number of nitrogen functional groups attached to an aromatic ring is 1. The molecule has 0 aromatic carbocycles. The van der Waals surface area contributed by atoms with Gasteiger partial charge in [0.15, 0.2) is 0 Å². The van der Waals surface area contributed by atoms with Crippen LogP contribution in [0.5, 0.6) is 0 Å². The number of nitrogens with zero attached hydrogens (tertiary/aromatic N) is 2. The number of carbonyl (C=O) groups is 2. The quantitative estimate of drug-likeness (QED) is 0.693. The normalized spacial score (nSPS) is 12.3. The monoisotopic (exact) mass is 267 g/mol. The molecule has 2 amide bonds. The Morgan fingerprint density at radius 1 is 1.42 bits per heavy atom. The van der Waals surface area contributed by atoms with E-state index < -0.39 is 11.9 Å². The molecule has 1 aromatic heterocycles. The lowest BCUT2D eigenvalue weighted by Crippen LogP contribution is -2.46. The van der Waals surface area contributed by atoms with E-state index in [0.717, 1.165) is 0 Å². The average molecular weight is 267 g/mol. The third-order valence-corrected chi connectivity index (χ3v) is 2.61. The van der Waals surface area contributed by atoms with Gasteiger partial charge in [0, 0.05) is 13.6 Å². The number of carbonyl (C=O) groups excluding carboxylic acids is 2. The molecule has 106 valence electrons. The molecule has 0 aliphatic heterocycles. The zero-order valence-corrected chi connectivity index (χ0v) is 11.7. The van der Waals surface area contributed by atoms with Crippen molar-refractivity contribution in [1.29, 1.82) is 0 Å². The van der Waals surface area contributed by atoms with E-state index in [1.54, 1.807) is 14.0 Å². The Kier molecular flexibility index (Phi) is 4.91. The molecule has 0 bridgehead atoms. The predicted octanol–water partition coefficient (Wildman–Crippen LogP) is -0.107. The van der Waals surface area contributed by atoms with Crippen molar-refractivity contribution in [3.63, 3.8) is 0 Å². The van der Waals surface area contributed by atoms with E-state index in [9.17, 15) is 9.59 Å². The molecule has 7 heteroatoms. The van der Waals surface area contributed by atoms with E-state index in [-0.39, 0.29) is 17.3 Å². The molecule has 0 fully saturated rings. The van der Waals surface area contributed by atoms with Gasteiger partial charge < -0.3 is 16.4 Å². The van der Waals surface area contributed by atoms with E-state index >= 15 is 0 Å². The zero-order valence-electron chi connectivity index (χ0n) is 11.7. The Morgan fingerprint density at radius 2 is 2.05 bits per heavy atom. The molecular weight excluding hydrogens is 246 g/mol. The fraction of sp³-hybridized carbons (Fsp3) is 0.583. The number of nitrogens with one attached hydrogen (secondary N) is 2. The zero-order chi connectivity index (χ0) is 14.6. The standard InChI is InChI=1S/C12H21N5O2/c1-7(2)5-14-11(18)8(3)16-12(19)10-9(13)6-15-17(10)4/h6-8H,5,13H2,1-4H3,(H,14,18)(H,16,19). The van der Waals surface area contributed by atoms with Crippen molar-refractivity contribution in [3.05, 3.63) is 11.9 Å². The molecule has 4 N–H and O–H groups in total.